The number of esters is 2. The largest absolute Gasteiger partial charge is 0.466 e. The molecule has 0 aliphatic carbocycles. The molecule has 4 nitrogen and oxygen atoms in total. The van der Waals surface area contributed by atoms with Crippen molar-refractivity contribution < 1.29 is 19.1 Å². The lowest BCUT2D eigenvalue weighted by atomic mass is 10.3. The van der Waals surface area contributed by atoms with Crippen LogP contribution in [0.2, 0.25) is 0 Å². The van der Waals surface area contributed by atoms with Gasteiger partial charge in [-0.1, -0.05) is 72.5 Å². The van der Waals surface area contributed by atoms with Gasteiger partial charge in [-0.05, 0) is 24.5 Å². The molecule has 0 spiro atoms. The lowest BCUT2D eigenvalue weighted by Gasteiger charge is -2.30. The average Bonchev–Trinajstić information content (AvgIpc) is 2.67. The summed E-state index contributed by atoms with van der Waals surface area (Å²) >= 11 is 6.15. The zero-order chi connectivity index (χ0) is 19.0. The number of benzene rings is 2. The van der Waals surface area contributed by atoms with Gasteiger partial charge in [0.25, 0.3) is 0 Å². The van der Waals surface area contributed by atoms with Crippen LogP contribution in [0.25, 0.3) is 0 Å². The minimum absolute atomic E-state index is 0.0895. The van der Waals surface area contributed by atoms with Gasteiger partial charge >= 0.3 is 11.9 Å². The normalized spacial score (nSPS) is 12.2. The van der Waals surface area contributed by atoms with Gasteiger partial charge in [-0.3, -0.25) is 9.59 Å². The van der Waals surface area contributed by atoms with Gasteiger partial charge in [-0.15, -0.1) is 0 Å². The molecule has 0 bridgehead atoms. The molecule has 2 aromatic carbocycles. The predicted molar refractivity (Wildman–Crippen MR) is 108 cm³/mol. The lowest BCUT2D eigenvalue weighted by molar-refractivity contribution is -0.149. The highest BCUT2D eigenvalue weighted by molar-refractivity contribution is 8.22. The fourth-order valence-electron chi connectivity index (χ4n) is 2.78. The van der Waals surface area contributed by atoms with E-state index in [1.807, 2.05) is 60.7 Å². The summed E-state index contributed by atoms with van der Waals surface area (Å²) in [5.74, 6) is -0.886. The zero-order valence-electron chi connectivity index (χ0n) is 15.0. The predicted octanol–water partition coefficient (Wildman–Crippen LogP) is 3.00. The summed E-state index contributed by atoms with van der Waals surface area (Å²) in [7, 11) is 0. The van der Waals surface area contributed by atoms with E-state index in [9.17, 15) is 9.59 Å². The van der Waals surface area contributed by atoms with Crippen LogP contribution in [0.15, 0.2) is 60.7 Å². The summed E-state index contributed by atoms with van der Waals surface area (Å²) in [6.07, 6.45) is -0.0895. The molecule has 0 aliphatic rings. The SMILES string of the molecule is CCOC(=O)CC(C(=O)OCC)P(=S)(c1ccccc1)c1ccccc1. The topological polar surface area (TPSA) is 52.6 Å². The molecule has 138 valence electrons. The van der Waals surface area contributed by atoms with Gasteiger partial charge in [0.2, 0.25) is 0 Å². The monoisotopic (exact) mass is 390 g/mol. The van der Waals surface area contributed by atoms with E-state index in [0.29, 0.717) is 0 Å². The van der Waals surface area contributed by atoms with E-state index in [0.717, 1.165) is 10.6 Å². The Kier molecular flexibility index (Phi) is 7.55. The van der Waals surface area contributed by atoms with Crippen LogP contribution in [0.4, 0.5) is 0 Å². The Morgan fingerprint density at radius 1 is 0.885 bits per heavy atom. The molecule has 26 heavy (non-hydrogen) atoms. The molecule has 0 fully saturated rings. The number of carbonyl (C=O) groups is 2. The maximum absolute atomic E-state index is 12.8. The Morgan fingerprint density at radius 3 is 1.77 bits per heavy atom. The van der Waals surface area contributed by atoms with Gasteiger partial charge in [-0.25, -0.2) is 0 Å². The highest BCUT2D eigenvalue weighted by Crippen LogP contribution is 2.51. The Bertz CT molecular complexity index is 733. The summed E-state index contributed by atoms with van der Waals surface area (Å²) in [6.45, 7) is 3.97. The molecule has 0 amide bonds. The first-order valence-electron chi connectivity index (χ1n) is 8.57. The molecule has 1 atom stereocenters. The van der Waals surface area contributed by atoms with Crippen LogP contribution in [0.5, 0.6) is 0 Å². The first kappa shape index (κ1) is 20.3. The van der Waals surface area contributed by atoms with Crippen LogP contribution in [0.1, 0.15) is 20.3 Å². The van der Waals surface area contributed by atoms with Gasteiger partial charge < -0.3 is 9.47 Å². The van der Waals surface area contributed by atoms with Crippen molar-refractivity contribution in [3.8, 4) is 0 Å². The molecule has 6 heteroatoms. The van der Waals surface area contributed by atoms with Crippen LogP contribution in [0, 0.1) is 0 Å². The quantitative estimate of drug-likeness (QED) is 0.512. The fourth-order valence-corrected chi connectivity index (χ4v) is 7.02. The summed E-state index contributed by atoms with van der Waals surface area (Å²) < 4.78 is 10.4. The molecule has 0 saturated carbocycles. The van der Waals surface area contributed by atoms with E-state index in [1.54, 1.807) is 13.8 Å². The molecule has 1 unspecified atom stereocenters. The molecule has 2 aromatic rings. The van der Waals surface area contributed by atoms with E-state index in [1.165, 1.54) is 0 Å². The maximum Gasteiger partial charge on any atom is 0.315 e. The average molecular weight is 390 g/mol. The van der Waals surface area contributed by atoms with Crippen LogP contribution in [-0.2, 0) is 30.9 Å². The van der Waals surface area contributed by atoms with Gasteiger partial charge in [0.1, 0.15) is 5.66 Å². The van der Waals surface area contributed by atoms with Gasteiger partial charge in [0.15, 0.2) is 0 Å². The summed E-state index contributed by atoms with van der Waals surface area (Å²) in [5.41, 5.74) is -0.763. The second-order valence-corrected chi connectivity index (χ2v) is 10.3. The van der Waals surface area contributed by atoms with Crippen molar-refractivity contribution >= 4 is 40.4 Å². The Labute approximate surface area is 159 Å². The summed E-state index contributed by atoms with van der Waals surface area (Å²) in [6, 6.07) is 16.4. The smallest absolute Gasteiger partial charge is 0.315 e. The Balaban J connectivity index is 2.60. The molecule has 0 aromatic heterocycles. The molecule has 0 heterocycles. The van der Waals surface area contributed by atoms with Gasteiger partial charge in [0.05, 0.1) is 19.6 Å². The van der Waals surface area contributed by atoms with E-state index in [-0.39, 0.29) is 19.6 Å². The second kappa shape index (κ2) is 9.65. The summed E-state index contributed by atoms with van der Waals surface area (Å²) in [5, 5.41) is 1.76. The standard InChI is InChI=1S/C20H23O4PS/c1-3-23-19(21)15-18(20(22)24-4-2)25(26,16-11-7-5-8-12-16)17-13-9-6-10-14-17/h5-14,18H,3-4,15H2,1-2H3. The number of hydrogen-bond acceptors (Lipinski definition) is 5. The summed E-state index contributed by atoms with van der Waals surface area (Å²) in [4.78, 5) is 25.0. The highest BCUT2D eigenvalue weighted by Gasteiger charge is 2.40. The number of hydrogen-bond donors (Lipinski definition) is 0. The second-order valence-electron chi connectivity index (χ2n) is 5.61. The van der Waals surface area contributed by atoms with Gasteiger partial charge in [0, 0.05) is 6.04 Å². The molecular formula is C20H23O4PS. The molecule has 0 saturated heterocycles. The minimum Gasteiger partial charge on any atom is -0.466 e. The van der Waals surface area contributed by atoms with Crippen LogP contribution >= 0.6 is 6.04 Å². The van der Waals surface area contributed by atoms with Crippen molar-refractivity contribution in [3.05, 3.63) is 60.7 Å². The van der Waals surface area contributed by atoms with Crippen molar-refractivity contribution in [1.29, 1.82) is 0 Å². The molecule has 0 N–H and O–H groups in total. The van der Waals surface area contributed by atoms with Crippen LogP contribution in [0.3, 0.4) is 0 Å². The maximum atomic E-state index is 12.8. The van der Waals surface area contributed by atoms with Crippen molar-refractivity contribution in [2.75, 3.05) is 13.2 Å². The highest BCUT2D eigenvalue weighted by atomic mass is 32.4. The third kappa shape index (κ3) is 4.60. The van der Waals surface area contributed by atoms with E-state index in [2.05, 4.69) is 0 Å². The van der Waals surface area contributed by atoms with Crippen molar-refractivity contribution in [1.82, 2.24) is 0 Å². The van der Waals surface area contributed by atoms with E-state index < -0.39 is 23.6 Å². The first-order valence-corrected chi connectivity index (χ1v) is 11.4. The van der Waals surface area contributed by atoms with Crippen molar-refractivity contribution in [3.63, 3.8) is 0 Å². The molecule has 2 rings (SSSR count). The molecular weight excluding hydrogens is 367 g/mol. The Morgan fingerprint density at radius 2 is 1.35 bits per heavy atom. The van der Waals surface area contributed by atoms with Crippen LogP contribution < -0.4 is 10.6 Å². The minimum atomic E-state index is -2.64. The van der Waals surface area contributed by atoms with E-state index >= 15 is 0 Å². The third-order valence-corrected chi connectivity index (χ3v) is 9.37. The number of ether oxygens (including phenoxy) is 2. The number of carbonyl (C=O) groups excluding carboxylic acids is 2. The first-order chi connectivity index (χ1) is 12.5. The zero-order valence-corrected chi connectivity index (χ0v) is 16.7. The van der Waals surface area contributed by atoms with Crippen molar-refractivity contribution in [2.24, 2.45) is 0 Å². The number of rotatable bonds is 8. The Hall–Kier alpha value is -1.97. The molecule has 0 radical (unpaired) electrons. The van der Waals surface area contributed by atoms with Crippen molar-refractivity contribution in [2.45, 2.75) is 25.9 Å². The van der Waals surface area contributed by atoms with E-state index in [4.69, 9.17) is 21.3 Å². The third-order valence-electron chi connectivity index (χ3n) is 3.94. The fraction of sp³-hybridized carbons (Fsp3) is 0.300. The van der Waals surface area contributed by atoms with Gasteiger partial charge in [-0.2, -0.15) is 0 Å². The molecule has 0 aliphatic heterocycles. The van der Waals surface area contributed by atoms with Crippen LogP contribution in [-0.4, -0.2) is 30.8 Å². The lowest BCUT2D eigenvalue weighted by Crippen LogP contribution is -2.35.